The monoisotopic (exact) mass is 180 g/mol. The van der Waals surface area contributed by atoms with Crippen LogP contribution in [-0.2, 0) is 0 Å². The van der Waals surface area contributed by atoms with E-state index in [0.717, 1.165) is 5.82 Å². The van der Waals surface area contributed by atoms with Crippen molar-refractivity contribution in [2.45, 2.75) is 19.4 Å². The first-order chi connectivity index (χ1) is 6.08. The molecule has 72 valence electrons. The van der Waals surface area contributed by atoms with Crippen LogP contribution >= 0.6 is 0 Å². The fourth-order valence-corrected chi connectivity index (χ4v) is 0.919. The van der Waals surface area contributed by atoms with E-state index >= 15 is 0 Å². The number of hydrogen-bond donors (Lipinski definition) is 1. The maximum Gasteiger partial charge on any atom is 0.151 e. The molecule has 0 spiro atoms. The molecule has 0 saturated heterocycles. The molecule has 1 heterocycles. The van der Waals surface area contributed by atoms with Gasteiger partial charge in [-0.15, -0.1) is 5.10 Å². The lowest BCUT2D eigenvalue weighted by Crippen LogP contribution is -2.47. The van der Waals surface area contributed by atoms with E-state index in [1.165, 1.54) is 0 Å². The first-order valence-corrected chi connectivity index (χ1v) is 4.29. The van der Waals surface area contributed by atoms with Crippen molar-refractivity contribution in [2.75, 3.05) is 18.5 Å². The van der Waals surface area contributed by atoms with Crippen molar-refractivity contribution >= 4 is 5.82 Å². The Balaban J connectivity index is 2.85. The largest absolute Gasteiger partial charge is 0.352 e. The van der Waals surface area contributed by atoms with Crippen molar-refractivity contribution in [3.05, 3.63) is 18.3 Å². The van der Waals surface area contributed by atoms with Gasteiger partial charge in [0.2, 0.25) is 0 Å². The van der Waals surface area contributed by atoms with Crippen LogP contribution in [-0.4, -0.2) is 29.3 Å². The quantitative estimate of drug-likeness (QED) is 0.742. The number of hydrogen-bond acceptors (Lipinski definition) is 4. The normalized spacial score (nSPS) is 11.4. The Morgan fingerprint density at radius 2 is 2.23 bits per heavy atom. The lowest BCUT2D eigenvalue weighted by molar-refractivity contribution is 0.493. The molecule has 0 saturated carbocycles. The number of nitrogens with zero attached hydrogens (tertiary/aromatic N) is 3. The van der Waals surface area contributed by atoms with Gasteiger partial charge in [0.05, 0.1) is 0 Å². The highest BCUT2D eigenvalue weighted by Gasteiger charge is 2.22. The summed E-state index contributed by atoms with van der Waals surface area (Å²) < 4.78 is 0. The summed E-state index contributed by atoms with van der Waals surface area (Å²) in [5.74, 6) is 0.845. The maximum absolute atomic E-state index is 5.65. The maximum atomic E-state index is 5.65. The molecular weight excluding hydrogens is 164 g/mol. The molecule has 4 nitrogen and oxygen atoms in total. The van der Waals surface area contributed by atoms with E-state index in [-0.39, 0.29) is 5.54 Å². The summed E-state index contributed by atoms with van der Waals surface area (Å²) in [7, 11) is 1.97. The van der Waals surface area contributed by atoms with Gasteiger partial charge in [0.15, 0.2) is 5.82 Å². The van der Waals surface area contributed by atoms with Crippen LogP contribution in [0.2, 0.25) is 0 Å². The van der Waals surface area contributed by atoms with Gasteiger partial charge in [-0.05, 0) is 26.0 Å². The summed E-state index contributed by atoms with van der Waals surface area (Å²) >= 11 is 0. The van der Waals surface area contributed by atoms with Crippen LogP contribution in [0.1, 0.15) is 13.8 Å². The molecule has 0 aliphatic rings. The van der Waals surface area contributed by atoms with Crippen LogP contribution in [0.4, 0.5) is 5.82 Å². The third-order valence-corrected chi connectivity index (χ3v) is 2.31. The first-order valence-electron chi connectivity index (χ1n) is 4.29. The highest BCUT2D eigenvalue weighted by atomic mass is 15.3. The van der Waals surface area contributed by atoms with Crippen molar-refractivity contribution < 1.29 is 0 Å². The Bertz CT molecular complexity index is 258. The van der Waals surface area contributed by atoms with Gasteiger partial charge < -0.3 is 10.6 Å². The van der Waals surface area contributed by atoms with Gasteiger partial charge in [-0.3, -0.25) is 0 Å². The van der Waals surface area contributed by atoms with E-state index in [2.05, 4.69) is 24.0 Å². The van der Waals surface area contributed by atoms with Gasteiger partial charge in [-0.1, -0.05) is 0 Å². The van der Waals surface area contributed by atoms with Gasteiger partial charge in [-0.25, -0.2) is 0 Å². The summed E-state index contributed by atoms with van der Waals surface area (Å²) in [4.78, 5) is 2.03. The van der Waals surface area contributed by atoms with Gasteiger partial charge in [0.25, 0.3) is 0 Å². The molecule has 1 rings (SSSR count). The van der Waals surface area contributed by atoms with Crippen LogP contribution in [0.25, 0.3) is 0 Å². The Hall–Kier alpha value is -1.16. The second-order valence-corrected chi connectivity index (χ2v) is 3.66. The molecule has 1 aromatic rings. The molecule has 0 aliphatic carbocycles. The van der Waals surface area contributed by atoms with Crippen LogP contribution in [0.3, 0.4) is 0 Å². The lowest BCUT2D eigenvalue weighted by Gasteiger charge is -2.34. The lowest BCUT2D eigenvalue weighted by atomic mass is 10.0. The molecule has 4 heteroatoms. The summed E-state index contributed by atoms with van der Waals surface area (Å²) in [6.45, 7) is 4.73. The Kier molecular flexibility index (Phi) is 2.83. The zero-order chi connectivity index (χ0) is 9.90. The van der Waals surface area contributed by atoms with E-state index in [1.54, 1.807) is 6.20 Å². The molecule has 0 atom stereocenters. The molecular formula is C9H16N4. The molecule has 0 unspecified atom stereocenters. The fraction of sp³-hybridized carbons (Fsp3) is 0.556. The topological polar surface area (TPSA) is 55.0 Å². The average Bonchev–Trinajstić information content (AvgIpc) is 2.18. The number of anilines is 1. The fourth-order valence-electron chi connectivity index (χ4n) is 0.919. The third-order valence-electron chi connectivity index (χ3n) is 2.31. The minimum absolute atomic E-state index is 0.0873. The zero-order valence-electron chi connectivity index (χ0n) is 8.36. The Labute approximate surface area is 78.8 Å². The predicted molar refractivity (Wildman–Crippen MR) is 53.6 cm³/mol. The van der Waals surface area contributed by atoms with E-state index < -0.39 is 0 Å². The smallest absolute Gasteiger partial charge is 0.151 e. The van der Waals surface area contributed by atoms with Crippen LogP contribution in [0.15, 0.2) is 18.3 Å². The van der Waals surface area contributed by atoms with E-state index in [4.69, 9.17) is 5.73 Å². The number of likely N-dealkylation sites (N-methyl/N-ethyl adjacent to an activating group) is 1. The van der Waals surface area contributed by atoms with Crippen molar-refractivity contribution in [3.63, 3.8) is 0 Å². The predicted octanol–water partition coefficient (Wildman–Crippen LogP) is 0.650. The van der Waals surface area contributed by atoms with Gasteiger partial charge in [0, 0.05) is 25.3 Å². The standard InChI is InChI=1S/C9H16N4/c1-9(2,7-10)13(3)8-5-4-6-11-12-8/h4-6H,7,10H2,1-3H3. The summed E-state index contributed by atoms with van der Waals surface area (Å²) in [6, 6.07) is 3.79. The van der Waals surface area contributed by atoms with Crippen molar-refractivity contribution in [1.82, 2.24) is 10.2 Å². The minimum Gasteiger partial charge on any atom is -0.352 e. The second-order valence-electron chi connectivity index (χ2n) is 3.66. The Morgan fingerprint density at radius 1 is 1.54 bits per heavy atom. The highest BCUT2D eigenvalue weighted by Crippen LogP contribution is 2.17. The summed E-state index contributed by atoms with van der Waals surface area (Å²) in [5, 5.41) is 7.83. The van der Waals surface area contributed by atoms with Crippen LogP contribution in [0, 0.1) is 0 Å². The van der Waals surface area contributed by atoms with Crippen molar-refractivity contribution in [1.29, 1.82) is 0 Å². The molecule has 0 amide bonds. The molecule has 0 radical (unpaired) electrons. The van der Waals surface area contributed by atoms with Crippen molar-refractivity contribution in [3.8, 4) is 0 Å². The van der Waals surface area contributed by atoms with E-state index in [9.17, 15) is 0 Å². The molecule has 1 aromatic heterocycles. The van der Waals surface area contributed by atoms with Crippen LogP contribution in [0.5, 0.6) is 0 Å². The first kappa shape index (κ1) is 9.92. The molecule has 13 heavy (non-hydrogen) atoms. The van der Waals surface area contributed by atoms with E-state index in [0.29, 0.717) is 6.54 Å². The number of rotatable bonds is 3. The van der Waals surface area contributed by atoms with Gasteiger partial charge >= 0.3 is 0 Å². The average molecular weight is 180 g/mol. The Morgan fingerprint density at radius 3 is 2.69 bits per heavy atom. The van der Waals surface area contributed by atoms with Crippen molar-refractivity contribution in [2.24, 2.45) is 5.73 Å². The highest BCUT2D eigenvalue weighted by molar-refractivity contribution is 5.38. The molecule has 2 N–H and O–H groups in total. The minimum atomic E-state index is -0.0873. The zero-order valence-corrected chi connectivity index (χ0v) is 8.36. The molecule has 0 fully saturated rings. The number of aromatic nitrogens is 2. The summed E-state index contributed by atoms with van der Waals surface area (Å²) in [5.41, 5.74) is 5.57. The van der Waals surface area contributed by atoms with Crippen LogP contribution < -0.4 is 10.6 Å². The van der Waals surface area contributed by atoms with Gasteiger partial charge in [-0.2, -0.15) is 5.10 Å². The third kappa shape index (κ3) is 2.15. The van der Waals surface area contributed by atoms with Gasteiger partial charge in [0.1, 0.15) is 0 Å². The molecule has 0 aliphatic heterocycles. The molecule has 0 aromatic carbocycles. The number of nitrogens with two attached hydrogens (primary N) is 1. The second kappa shape index (κ2) is 3.70. The summed E-state index contributed by atoms with van der Waals surface area (Å²) in [6.07, 6.45) is 1.66. The SMILES string of the molecule is CN(c1cccnn1)C(C)(C)CN. The molecule has 0 bridgehead atoms. The van der Waals surface area contributed by atoms with E-state index in [1.807, 2.05) is 24.1 Å².